The van der Waals surface area contributed by atoms with Crippen molar-refractivity contribution in [3.05, 3.63) is 24.3 Å². The maximum atomic E-state index is 12.6. The number of hydrogen-bond donors (Lipinski definition) is 2. The lowest BCUT2D eigenvalue weighted by atomic mass is 10.2. The molecule has 0 aliphatic carbocycles. The third kappa shape index (κ3) is 3.77. The minimum Gasteiger partial charge on any atom is -0.368 e. The van der Waals surface area contributed by atoms with Crippen LogP contribution in [0.4, 0.5) is 5.69 Å². The second-order valence-electron chi connectivity index (χ2n) is 6.38. The molecular formula is C16H24N3O4S+. The predicted octanol–water partition coefficient (Wildman–Crippen LogP) is -0.677. The molecule has 7 nitrogen and oxygen atoms in total. The number of hydrogen-bond acceptors (Lipinski definition) is 4. The Kier molecular flexibility index (Phi) is 5.19. The lowest BCUT2D eigenvalue weighted by Gasteiger charge is -2.29. The van der Waals surface area contributed by atoms with E-state index < -0.39 is 16.1 Å². The van der Waals surface area contributed by atoms with Gasteiger partial charge in [0.05, 0.1) is 38.1 Å². The van der Waals surface area contributed by atoms with Gasteiger partial charge < -0.3 is 15.0 Å². The van der Waals surface area contributed by atoms with Gasteiger partial charge in [0.2, 0.25) is 10.0 Å². The summed E-state index contributed by atoms with van der Waals surface area (Å²) < 4.78 is 32.2. The van der Waals surface area contributed by atoms with Crippen LogP contribution in [0.25, 0.3) is 0 Å². The fourth-order valence-electron chi connectivity index (χ4n) is 2.97. The predicted molar refractivity (Wildman–Crippen MR) is 89.4 cm³/mol. The molecule has 2 heterocycles. The topological polar surface area (TPSA) is 80.2 Å². The number of nitrogens with zero attached hydrogens (tertiary/aromatic N) is 1. The van der Waals surface area contributed by atoms with Gasteiger partial charge in [-0.1, -0.05) is 0 Å². The van der Waals surface area contributed by atoms with E-state index in [-0.39, 0.29) is 10.8 Å². The molecule has 0 spiro atoms. The van der Waals surface area contributed by atoms with Crippen LogP contribution in [0, 0.1) is 0 Å². The SMILES string of the molecule is C[NH+]1CCN(S(=O)(=O)c2ccc(NC(=O)[C@@H]3CCCO3)cc2)CC1. The number of sulfonamides is 1. The second-order valence-corrected chi connectivity index (χ2v) is 8.31. The first kappa shape index (κ1) is 17.3. The Morgan fingerprint density at radius 3 is 2.50 bits per heavy atom. The molecule has 1 aromatic carbocycles. The molecule has 2 saturated heterocycles. The molecule has 24 heavy (non-hydrogen) atoms. The Morgan fingerprint density at radius 2 is 1.92 bits per heavy atom. The van der Waals surface area contributed by atoms with Crippen LogP contribution < -0.4 is 10.2 Å². The van der Waals surface area contributed by atoms with E-state index in [1.807, 2.05) is 0 Å². The van der Waals surface area contributed by atoms with E-state index in [1.165, 1.54) is 9.21 Å². The van der Waals surface area contributed by atoms with E-state index in [0.29, 0.717) is 25.4 Å². The summed E-state index contributed by atoms with van der Waals surface area (Å²) in [5, 5.41) is 2.77. The highest BCUT2D eigenvalue weighted by molar-refractivity contribution is 7.89. The first-order chi connectivity index (χ1) is 11.5. The Morgan fingerprint density at radius 1 is 1.25 bits per heavy atom. The maximum absolute atomic E-state index is 12.6. The summed E-state index contributed by atoms with van der Waals surface area (Å²) in [6.45, 7) is 3.31. The highest BCUT2D eigenvalue weighted by atomic mass is 32.2. The minimum absolute atomic E-state index is 0.176. The second kappa shape index (κ2) is 7.18. The zero-order valence-electron chi connectivity index (χ0n) is 13.8. The average molecular weight is 354 g/mol. The highest BCUT2D eigenvalue weighted by Crippen LogP contribution is 2.20. The van der Waals surface area contributed by atoms with Gasteiger partial charge in [-0.3, -0.25) is 4.79 Å². The number of nitrogens with one attached hydrogen (secondary N) is 2. The number of piperazine rings is 1. The zero-order valence-corrected chi connectivity index (χ0v) is 14.6. The van der Waals surface area contributed by atoms with Crippen molar-refractivity contribution in [1.29, 1.82) is 0 Å². The van der Waals surface area contributed by atoms with Gasteiger partial charge in [-0.15, -0.1) is 0 Å². The monoisotopic (exact) mass is 354 g/mol. The Bertz CT molecular complexity index is 676. The number of benzene rings is 1. The number of rotatable bonds is 4. The van der Waals surface area contributed by atoms with Crippen molar-refractivity contribution in [2.24, 2.45) is 0 Å². The molecular weight excluding hydrogens is 330 g/mol. The van der Waals surface area contributed by atoms with Gasteiger partial charge >= 0.3 is 0 Å². The van der Waals surface area contributed by atoms with Gasteiger partial charge in [0.1, 0.15) is 6.10 Å². The number of carbonyl (C=O) groups is 1. The number of ether oxygens (including phenoxy) is 1. The summed E-state index contributed by atoms with van der Waals surface area (Å²) in [5.41, 5.74) is 0.581. The lowest BCUT2D eigenvalue weighted by Crippen LogP contribution is -3.12. The normalized spacial score (nSPS) is 23.3. The summed E-state index contributed by atoms with van der Waals surface area (Å²) in [6.07, 6.45) is 1.22. The van der Waals surface area contributed by atoms with Crippen molar-refractivity contribution in [3.8, 4) is 0 Å². The molecule has 2 fully saturated rings. The van der Waals surface area contributed by atoms with Gasteiger partial charge in [0, 0.05) is 12.3 Å². The fraction of sp³-hybridized carbons (Fsp3) is 0.562. The van der Waals surface area contributed by atoms with Crippen LogP contribution in [0.15, 0.2) is 29.2 Å². The van der Waals surface area contributed by atoms with E-state index in [1.54, 1.807) is 24.3 Å². The summed E-state index contributed by atoms with van der Waals surface area (Å²) in [5.74, 6) is -0.176. The molecule has 8 heteroatoms. The van der Waals surface area contributed by atoms with Crippen molar-refractivity contribution in [2.45, 2.75) is 23.8 Å². The molecule has 2 aliphatic heterocycles. The summed E-state index contributed by atoms with van der Waals surface area (Å²) in [7, 11) is -1.40. The molecule has 0 bridgehead atoms. The van der Waals surface area contributed by atoms with Crippen LogP contribution in [0.2, 0.25) is 0 Å². The van der Waals surface area contributed by atoms with Crippen molar-refractivity contribution >= 4 is 21.6 Å². The Hall–Kier alpha value is -1.48. The molecule has 0 unspecified atom stereocenters. The number of carbonyl (C=O) groups excluding carboxylic acids is 1. The van der Waals surface area contributed by atoms with Crippen molar-refractivity contribution in [1.82, 2.24) is 4.31 Å². The van der Waals surface area contributed by atoms with Gasteiger partial charge in [-0.05, 0) is 37.1 Å². The van der Waals surface area contributed by atoms with E-state index in [4.69, 9.17) is 4.74 Å². The van der Waals surface area contributed by atoms with Gasteiger partial charge in [-0.25, -0.2) is 8.42 Å². The smallest absolute Gasteiger partial charge is 0.253 e. The summed E-state index contributed by atoms with van der Waals surface area (Å²) >= 11 is 0. The van der Waals surface area contributed by atoms with E-state index >= 15 is 0 Å². The molecule has 2 aliphatic rings. The lowest BCUT2D eigenvalue weighted by molar-refractivity contribution is -0.883. The first-order valence-electron chi connectivity index (χ1n) is 8.31. The van der Waals surface area contributed by atoms with E-state index in [2.05, 4.69) is 12.4 Å². The third-order valence-electron chi connectivity index (χ3n) is 4.56. The standard InChI is InChI=1S/C16H23N3O4S/c1-18-8-10-19(11-9-18)24(21,22)14-6-4-13(5-7-14)17-16(20)15-3-2-12-23-15/h4-7,15H,2-3,8-12H2,1H3,(H,17,20)/p+1/t15-/m0/s1. The molecule has 1 atom stereocenters. The zero-order chi connectivity index (χ0) is 17.2. The van der Waals surface area contributed by atoms with Gasteiger partial charge in [0.25, 0.3) is 5.91 Å². The quantitative estimate of drug-likeness (QED) is 0.751. The first-order valence-corrected chi connectivity index (χ1v) is 9.75. The van der Waals surface area contributed by atoms with Crippen LogP contribution in [0.1, 0.15) is 12.8 Å². The van der Waals surface area contributed by atoms with Gasteiger partial charge in [-0.2, -0.15) is 4.31 Å². The highest BCUT2D eigenvalue weighted by Gasteiger charge is 2.29. The molecule has 2 N–H and O–H groups in total. The number of anilines is 1. The van der Waals surface area contributed by atoms with Crippen molar-refractivity contribution in [2.75, 3.05) is 45.2 Å². The van der Waals surface area contributed by atoms with E-state index in [9.17, 15) is 13.2 Å². The molecule has 1 amide bonds. The largest absolute Gasteiger partial charge is 0.368 e. The molecule has 3 rings (SSSR count). The molecule has 0 radical (unpaired) electrons. The van der Waals surface area contributed by atoms with E-state index in [0.717, 1.165) is 25.9 Å². The number of amides is 1. The minimum atomic E-state index is -3.46. The van der Waals surface area contributed by atoms with Crippen LogP contribution in [0.3, 0.4) is 0 Å². The molecule has 0 aromatic heterocycles. The molecule has 1 aromatic rings. The third-order valence-corrected chi connectivity index (χ3v) is 6.47. The van der Waals surface area contributed by atoms with Crippen LogP contribution in [-0.2, 0) is 19.6 Å². The molecule has 0 saturated carbocycles. The van der Waals surface area contributed by atoms with Crippen LogP contribution in [-0.4, -0.2) is 64.6 Å². The maximum Gasteiger partial charge on any atom is 0.253 e. The van der Waals surface area contributed by atoms with Crippen LogP contribution in [0.5, 0.6) is 0 Å². The summed E-state index contributed by atoms with van der Waals surface area (Å²) in [4.78, 5) is 13.6. The van der Waals surface area contributed by atoms with Gasteiger partial charge in [0.15, 0.2) is 0 Å². The Balaban J connectivity index is 1.66. The number of quaternary nitrogens is 1. The summed E-state index contributed by atoms with van der Waals surface area (Å²) in [6, 6.07) is 6.35. The van der Waals surface area contributed by atoms with Crippen molar-refractivity contribution < 1.29 is 22.8 Å². The van der Waals surface area contributed by atoms with Crippen LogP contribution >= 0.6 is 0 Å². The van der Waals surface area contributed by atoms with Crippen molar-refractivity contribution in [3.63, 3.8) is 0 Å². The molecule has 132 valence electrons. The number of likely N-dealkylation sites (N-methyl/N-ethyl adjacent to an activating group) is 1. The fourth-order valence-corrected chi connectivity index (χ4v) is 4.42. The Labute approximate surface area is 142 Å². The average Bonchev–Trinajstić information content (AvgIpc) is 3.10.